The maximum absolute atomic E-state index is 13.9. The van der Waals surface area contributed by atoms with Gasteiger partial charge in [0.15, 0.2) is 0 Å². The van der Waals surface area contributed by atoms with Crippen LogP contribution in [0.15, 0.2) is 65.4 Å². The molecular formula is C22H25F2N3O4. The molecule has 1 heterocycles. The summed E-state index contributed by atoms with van der Waals surface area (Å²) in [6.07, 6.45) is 3.32. The van der Waals surface area contributed by atoms with Gasteiger partial charge in [-0.1, -0.05) is 12.6 Å². The van der Waals surface area contributed by atoms with Crippen molar-refractivity contribution in [2.45, 2.75) is 27.4 Å². The van der Waals surface area contributed by atoms with Gasteiger partial charge in [0.1, 0.15) is 36.3 Å². The number of hydrogen-bond acceptors (Lipinski definition) is 5. The number of carbonyl (C=O) groups is 2. The molecule has 2 rings (SSSR count). The molecule has 2 amide bonds. The van der Waals surface area contributed by atoms with E-state index in [1.165, 1.54) is 18.1 Å². The molecule has 166 valence electrons. The molecule has 31 heavy (non-hydrogen) atoms. The molecule has 0 atom stereocenters. The molecule has 0 saturated heterocycles. The van der Waals surface area contributed by atoms with Crippen molar-refractivity contribution in [1.82, 2.24) is 15.8 Å². The number of allylic oxidation sites excluding steroid dienone is 3. The molecule has 0 unspecified atom stereocenters. The highest BCUT2D eigenvalue weighted by Gasteiger charge is 2.26. The Labute approximate surface area is 179 Å². The molecule has 0 bridgehead atoms. The van der Waals surface area contributed by atoms with Gasteiger partial charge in [0.25, 0.3) is 11.8 Å². The number of amides is 2. The molecule has 0 aliphatic carbocycles. The molecule has 0 fully saturated rings. The fraction of sp³-hybridized carbons (Fsp3) is 0.273. The van der Waals surface area contributed by atoms with Crippen molar-refractivity contribution >= 4 is 11.8 Å². The number of carbonyl (C=O) groups excluding carboxylic acids is 2. The van der Waals surface area contributed by atoms with E-state index in [0.717, 1.165) is 12.1 Å². The van der Waals surface area contributed by atoms with Crippen molar-refractivity contribution in [1.29, 1.82) is 0 Å². The third-order valence-corrected chi connectivity index (χ3v) is 4.22. The van der Waals surface area contributed by atoms with E-state index in [-0.39, 0.29) is 35.9 Å². The third-order valence-electron chi connectivity index (χ3n) is 4.22. The van der Waals surface area contributed by atoms with E-state index in [4.69, 9.17) is 9.47 Å². The fourth-order valence-electron chi connectivity index (χ4n) is 2.80. The quantitative estimate of drug-likeness (QED) is 0.510. The molecule has 0 radical (unpaired) electrons. The summed E-state index contributed by atoms with van der Waals surface area (Å²) < 4.78 is 38.2. The molecule has 0 saturated carbocycles. The number of rotatable bonds is 7. The number of methoxy groups -OCH3 is 1. The van der Waals surface area contributed by atoms with Crippen LogP contribution in [0.1, 0.15) is 26.3 Å². The monoisotopic (exact) mass is 433 g/mol. The normalized spacial score (nSPS) is 13.2. The molecule has 1 aromatic carbocycles. The molecule has 7 nitrogen and oxygen atoms in total. The average molecular weight is 433 g/mol. The number of nitrogens with one attached hydrogen (secondary N) is 2. The zero-order valence-corrected chi connectivity index (χ0v) is 17.8. The maximum Gasteiger partial charge on any atom is 0.286 e. The summed E-state index contributed by atoms with van der Waals surface area (Å²) in [5, 5.41) is 0. The lowest BCUT2D eigenvalue weighted by atomic mass is 10.1. The van der Waals surface area contributed by atoms with Crippen molar-refractivity contribution in [2.75, 3.05) is 13.7 Å². The van der Waals surface area contributed by atoms with Crippen LogP contribution in [-0.4, -0.2) is 30.4 Å². The average Bonchev–Trinajstić information content (AvgIpc) is 2.69. The van der Waals surface area contributed by atoms with E-state index in [0.29, 0.717) is 11.1 Å². The predicted molar refractivity (Wildman–Crippen MR) is 111 cm³/mol. The first-order chi connectivity index (χ1) is 14.6. The van der Waals surface area contributed by atoms with Crippen LogP contribution in [0.2, 0.25) is 0 Å². The first-order valence-electron chi connectivity index (χ1n) is 9.35. The standard InChI is InChI=1S/C22H25F2N3O4/c1-13(2)21(22(29)26-25-20(28)12-30-5)27-10-14(3)9-19(15(27)4)31-11-16-17(23)7-6-8-18(16)24/h6-10H,4,11-12H2,1-3,5H3,(H,25,28)(H,26,29). The first kappa shape index (κ1) is 23.8. The molecule has 1 aromatic rings. The lowest BCUT2D eigenvalue weighted by molar-refractivity contribution is -0.130. The molecule has 0 aromatic heterocycles. The van der Waals surface area contributed by atoms with Crippen molar-refractivity contribution in [3.63, 3.8) is 0 Å². The Bertz CT molecular complexity index is 959. The molecular weight excluding hydrogens is 408 g/mol. The second kappa shape index (κ2) is 10.5. The Morgan fingerprint density at radius 1 is 1.16 bits per heavy atom. The Kier molecular flexibility index (Phi) is 8.09. The van der Waals surface area contributed by atoms with E-state index in [9.17, 15) is 18.4 Å². The zero-order valence-electron chi connectivity index (χ0n) is 17.8. The minimum Gasteiger partial charge on any atom is -0.486 e. The summed E-state index contributed by atoms with van der Waals surface area (Å²) in [4.78, 5) is 25.8. The lowest BCUT2D eigenvalue weighted by Gasteiger charge is -2.31. The van der Waals surface area contributed by atoms with Gasteiger partial charge in [-0.3, -0.25) is 20.4 Å². The van der Waals surface area contributed by atoms with Gasteiger partial charge in [0.2, 0.25) is 0 Å². The minimum absolute atomic E-state index is 0.202. The van der Waals surface area contributed by atoms with Gasteiger partial charge in [0, 0.05) is 13.3 Å². The highest BCUT2D eigenvalue weighted by atomic mass is 19.1. The SMILES string of the molecule is C=C1C(OCc2c(F)cccc2F)=CC(C)=CN1C(C(=O)NNC(=O)COC)=C(C)C. The largest absolute Gasteiger partial charge is 0.486 e. The van der Waals surface area contributed by atoms with Gasteiger partial charge in [0.05, 0.1) is 11.3 Å². The lowest BCUT2D eigenvalue weighted by Crippen LogP contribution is -2.46. The molecule has 1 aliphatic heterocycles. The number of benzene rings is 1. The summed E-state index contributed by atoms with van der Waals surface area (Å²) in [6.45, 7) is 8.60. The Balaban J connectivity index is 2.20. The highest BCUT2D eigenvalue weighted by Crippen LogP contribution is 2.30. The van der Waals surface area contributed by atoms with Crippen LogP contribution in [0.4, 0.5) is 8.78 Å². The van der Waals surface area contributed by atoms with Crippen LogP contribution in [0, 0.1) is 11.6 Å². The van der Waals surface area contributed by atoms with Gasteiger partial charge in [-0.15, -0.1) is 0 Å². The van der Waals surface area contributed by atoms with E-state index < -0.39 is 23.4 Å². The van der Waals surface area contributed by atoms with Crippen LogP contribution in [0.3, 0.4) is 0 Å². The van der Waals surface area contributed by atoms with Gasteiger partial charge in [-0.05, 0) is 50.1 Å². The molecule has 9 heteroatoms. The number of hydrazine groups is 1. The Morgan fingerprint density at radius 2 is 1.81 bits per heavy atom. The Morgan fingerprint density at radius 3 is 2.39 bits per heavy atom. The molecule has 1 aliphatic rings. The van der Waals surface area contributed by atoms with Gasteiger partial charge >= 0.3 is 0 Å². The summed E-state index contributed by atoms with van der Waals surface area (Å²) in [5.41, 5.74) is 6.19. The summed E-state index contributed by atoms with van der Waals surface area (Å²) in [6, 6.07) is 3.56. The molecule has 2 N–H and O–H groups in total. The van der Waals surface area contributed by atoms with Crippen LogP contribution in [-0.2, 0) is 25.7 Å². The molecule has 0 spiro atoms. The van der Waals surface area contributed by atoms with Gasteiger partial charge in [-0.25, -0.2) is 8.78 Å². The van der Waals surface area contributed by atoms with E-state index in [1.807, 2.05) is 0 Å². The number of halogens is 2. The smallest absolute Gasteiger partial charge is 0.286 e. The topological polar surface area (TPSA) is 79.9 Å². The summed E-state index contributed by atoms with van der Waals surface area (Å²) in [5.74, 6) is -2.30. The second-order valence-corrected chi connectivity index (χ2v) is 6.97. The van der Waals surface area contributed by atoms with Gasteiger partial charge in [-0.2, -0.15) is 0 Å². The van der Waals surface area contributed by atoms with Crippen LogP contribution in [0.25, 0.3) is 0 Å². The fourth-order valence-corrected chi connectivity index (χ4v) is 2.80. The van der Waals surface area contributed by atoms with Crippen molar-refractivity contribution in [3.05, 3.63) is 82.6 Å². The number of ether oxygens (including phenoxy) is 2. The summed E-state index contributed by atoms with van der Waals surface area (Å²) >= 11 is 0. The maximum atomic E-state index is 13.9. The van der Waals surface area contributed by atoms with Crippen LogP contribution in [0.5, 0.6) is 0 Å². The third kappa shape index (κ3) is 6.02. The van der Waals surface area contributed by atoms with E-state index in [2.05, 4.69) is 17.4 Å². The van der Waals surface area contributed by atoms with Crippen molar-refractivity contribution < 1.29 is 27.8 Å². The summed E-state index contributed by atoms with van der Waals surface area (Å²) in [7, 11) is 1.36. The first-order valence-corrected chi connectivity index (χ1v) is 9.35. The number of hydrogen-bond donors (Lipinski definition) is 2. The van der Waals surface area contributed by atoms with Crippen LogP contribution < -0.4 is 10.9 Å². The second-order valence-electron chi connectivity index (χ2n) is 6.97. The van der Waals surface area contributed by atoms with E-state index >= 15 is 0 Å². The number of nitrogens with zero attached hydrogens (tertiary/aromatic N) is 1. The van der Waals surface area contributed by atoms with Gasteiger partial charge < -0.3 is 14.4 Å². The van der Waals surface area contributed by atoms with Crippen LogP contribution >= 0.6 is 0 Å². The highest BCUT2D eigenvalue weighted by molar-refractivity contribution is 5.95. The zero-order chi connectivity index (χ0) is 23.1. The van der Waals surface area contributed by atoms with Crippen molar-refractivity contribution in [2.24, 2.45) is 0 Å². The minimum atomic E-state index is -0.720. The van der Waals surface area contributed by atoms with E-state index in [1.54, 1.807) is 33.0 Å². The predicted octanol–water partition coefficient (Wildman–Crippen LogP) is 3.19. The Hall–Kier alpha value is -3.46. The van der Waals surface area contributed by atoms with Crippen molar-refractivity contribution in [3.8, 4) is 0 Å².